The van der Waals surface area contributed by atoms with Crippen LogP contribution in [0.4, 0.5) is 0 Å². The van der Waals surface area contributed by atoms with Gasteiger partial charge in [0, 0.05) is 0 Å². The molecule has 2 aromatic rings. The van der Waals surface area contributed by atoms with Crippen LogP contribution in [0.3, 0.4) is 0 Å². The van der Waals surface area contributed by atoms with Crippen molar-refractivity contribution in [1.82, 2.24) is 0 Å². The molecule has 0 amide bonds. The lowest BCUT2D eigenvalue weighted by atomic mass is 10.0. The molecule has 0 N–H and O–H groups in total. The zero-order chi connectivity index (χ0) is 11.8. The number of terminal acetylenes is 1. The zero-order valence-electron chi connectivity index (χ0n) is 9.56. The monoisotopic (exact) mass is 208 g/mol. The Morgan fingerprint density at radius 1 is 0.750 bits per heavy atom. The summed E-state index contributed by atoms with van der Waals surface area (Å²) in [4.78, 5) is 0. The fraction of sp³-hybridized carbons (Fsp3) is 0.125. The fourth-order valence-corrected chi connectivity index (χ4v) is 1.56. The lowest BCUT2D eigenvalue weighted by Gasteiger charge is -2.02. The van der Waals surface area contributed by atoms with E-state index in [1.165, 1.54) is 16.7 Å². The quantitative estimate of drug-likeness (QED) is 0.650. The van der Waals surface area contributed by atoms with E-state index in [4.69, 9.17) is 0 Å². The molecule has 0 bridgehead atoms. The summed E-state index contributed by atoms with van der Waals surface area (Å²) in [6, 6.07) is 19.2. The van der Waals surface area contributed by atoms with E-state index in [2.05, 4.69) is 68.3 Å². The van der Waals surface area contributed by atoms with E-state index in [-0.39, 0.29) is 0 Å². The topological polar surface area (TPSA) is 0 Å². The Kier molecular flexibility index (Phi) is 4.89. The summed E-state index contributed by atoms with van der Waals surface area (Å²) < 4.78 is 0. The van der Waals surface area contributed by atoms with Crippen molar-refractivity contribution in [2.24, 2.45) is 0 Å². The Balaban J connectivity index is 0.000000606. The van der Waals surface area contributed by atoms with Crippen molar-refractivity contribution in [2.75, 3.05) is 0 Å². The minimum absolute atomic E-state index is 1.11. The Morgan fingerprint density at radius 2 is 1.25 bits per heavy atom. The lowest BCUT2D eigenvalue weighted by Crippen LogP contribution is -1.80. The van der Waals surface area contributed by atoms with Gasteiger partial charge in [-0.15, -0.1) is 12.8 Å². The van der Waals surface area contributed by atoms with E-state index < -0.39 is 0 Å². The summed E-state index contributed by atoms with van der Waals surface area (Å²) >= 11 is 0. The van der Waals surface area contributed by atoms with Gasteiger partial charge < -0.3 is 0 Å². The van der Waals surface area contributed by atoms with Crippen molar-refractivity contribution in [2.45, 2.75) is 13.3 Å². The molecule has 0 nitrogen and oxygen atoms in total. The molecule has 0 heterocycles. The number of hydrogen-bond donors (Lipinski definition) is 0. The van der Waals surface area contributed by atoms with Crippen LogP contribution < -0.4 is 0 Å². The molecule has 0 saturated carbocycles. The standard InChI is InChI=1S/C14H14.C2H2/c1-2-12-8-10-14(11-9-12)13-6-4-3-5-7-13;1-2/h3-11H,2H2,1H3;1-2H. The fourth-order valence-electron chi connectivity index (χ4n) is 1.56. The average Bonchev–Trinajstić information content (AvgIpc) is 2.42. The summed E-state index contributed by atoms with van der Waals surface area (Å²) in [6.45, 7) is 2.18. The minimum Gasteiger partial charge on any atom is -0.124 e. The van der Waals surface area contributed by atoms with Gasteiger partial charge in [-0.25, -0.2) is 0 Å². The predicted molar refractivity (Wildman–Crippen MR) is 71.1 cm³/mol. The highest BCUT2D eigenvalue weighted by atomic mass is 14.0. The molecule has 80 valence electrons. The smallest absolute Gasteiger partial charge is 0.0184 e. The normalized spacial score (nSPS) is 8.94. The van der Waals surface area contributed by atoms with Crippen LogP contribution in [0.2, 0.25) is 0 Å². The molecule has 0 aliphatic rings. The highest BCUT2D eigenvalue weighted by molar-refractivity contribution is 5.63. The zero-order valence-corrected chi connectivity index (χ0v) is 9.56. The number of rotatable bonds is 2. The Morgan fingerprint density at radius 3 is 1.75 bits per heavy atom. The van der Waals surface area contributed by atoms with Crippen LogP contribution in [0.5, 0.6) is 0 Å². The molecule has 2 aromatic carbocycles. The van der Waals surface area contributed by atoms with Crippen molar-refractivity contribution in [1.29, 1.82) is 0 Å². The maximum absolute atomic E-state index is 4.00. The van der Waals surface area contributed by atoms with Crippen LogP contribution in [0.25, 0.3) is 11.1 Å². The van der Waals surface area contributed by atoms with Gasteiger partial charge in [-0.2, -0.15) is 0 Å². The SMILES string of the molecule is C#C.CCc1ccc(-c2ccccc2)cc1. The van der Waals surface area contributed by atoms with Crippen LogP contribution in [0.15, 0.2) is 54.6 Å². The third-order valence-corrected chi connectivity index (χ3v) is 2.47. The summed E-state index contributed by atoms with van der Waals surface area (Å²) in [6.07, 6.45) is 9.11. The molecule has 0 spiro atoms. The van der Waals surface area contributed by atoms with E-state index in [9.17, 15) is 0 Å². The van der Waals surface area contributed by atoms with E-state index in [1.807, 2.05) is 6.07 Å². The van der Waals surface area contributed by atoms with Gasteiger partial charge in [-0.1, -0.05) is 61.5 Å². The van der Waals surface area contributed by atoms with Gasteiger partial charge in [0.05, 0.1) is 0 Å². The molecule has 0 fully saturated rings. The van der Waals surface area contributed by atoms with Crippen LogP contribution in [-0.4, -0.2) is 0 Å². The first-order valence-electron chi connectivity index (χ1n) is 5.38. The molecule has 2 rings (SSSR count). The van der Waals surface area contributed by atoms with Crippen molar-refractivity contribution in [3.05, 3.63) is 60.2 Å². The van der Waals surface area contributed by atoms with Gasteiger partial charge in [0.25, 0.3) is 0 Å². The molecule has 0 aromatic heterocycles. The maximum Gasteiger partial charge on any atom is -0.0184 e. The molecule has 0 aliphatic heterocycles. The van der Waals surface area contributed by atoms with Crippen molar-refractivity contribution in [3.63, 3.8) is 0 Å². The first-order valence-corrected chi connectivity index (χ1v) is 5.38. The highest BCUT2D eigenvalue weighted by Gasteiger charge is 1.95. The van der Waals surface area contributed by atoms with Crippen LogP contribution in [0.1, 0.15) is 12.5 Å². The lowest BCUT2D eigenvalue weighted by molar-refractivity contribution is 1.14. The molecule has 0 heteroatoms. The van der Waals surface area contributed by atoms with E-state index in [1.54, 1.807) is 0 Å². The van der Waals surface area contributed by atoms with Crippen molar-refractivity contribution < 1.29 is 0 Å². The molecule has 0 atom stereocenters. The second-order valence-electron chi connectivity index (χ2n) is 3.42. The second-order valence-corrected chi connectivity index (χ2v) is 3.42. The summed E-state index contributed by atoms with van der Waals surface area (Å²) in [5.41, 5.74) is 3.97. The van der Waals surface area contributed by atoms with E-state index in [0.717, 1.165) is 6.42 Å². The third-order valence-electron chi connectivity index (χ3n) is 2.47. The predicted octanol–water partition coefficient (Wildman–Crippen LogP) is 4.17. The van der Waals surface area contributed by atoms with E-state index >= 15 is 0 Å². The number of benzene rings is 2. The molecule has 0 aliphatic carbocycles. The van der Waals surface area contributed by atoms with Gasteiger partial charge in [-0.3, -0.25) is 0 Å². The molecule has 0 unspecified atom stereocenters. The Labute approximate surface area is 98.0 Å². The van der Waals surface area contributed by atoms with Crippen LogP contribution >= 0.6 is 0 Å². The van der Waals surface area contributed by atoms with E-state index in [0.29, 0.717) is 0 Å². The van der Waals surface area contributed by atoms with Gasteiger partial charge in [0.2, 0.25) is 0 Å². The van der Waals surface area contributed by atoms with Crippen molar-refractivity contribution >= 4 is 0 Å². The second kappa shape index (κ2) is 6.48. The summed E-state index contributed by atoms with van der Waals surface area (Å²) in [7, 11) is 0. The number of aryl methyl sites for hydroxylation is 1. The Hall–Kier alpha value is -2.00. The third kappa shape index (κ3) is 3.00. The molecular weight excluding hydrogens is 192 g/mol. The minimum atomic E-state index is 1.11. The average molecular weight is 208 g/mol. The van der Waals surface area contributed by atoms with Gasteiger partial charge in [0.1, 0.15) is 0 Å². The first kappa shape index (κ1) is 12.1. The number of hydrogen-bond acceptors (Lipinski definition) is 0. The van der Waals surface area contributed by atoms with Gasteiger partial charge in [0.15, 0.2) is 0 Å². The molecule has 0 saturated heterocycles. The summed E-state index contributed by atoms with van der Waals surface area (Å²) in [5.74, 6) is 0. The molecular formula is C16H16. The molecule has 16 heavy (non-hydrogen) atoms. The van der Waals surface area contributed by atoms with Gasteiger partial charge >= 0.3 is 0 Å². The molecule has 0 radical (unpaired) electrons. The maximum atomic E-state index is 4.00. The Bertz CT molecular complexity index is 421. The van der Waals surface area contributed by atoms with Crippen LogP contribution in [-0.2, 0) is 6.42 Å². The van der Waals surface area contributed by atoms with Crippen molar-refractivity contribution in [3.8, 4) is 24.0 Å². The first-order chi connectivity index (χ1) is 7.90. The van der Waals surface area contributed by atoms with Gasteiger partial charge in [-0.05, 0) is 23.1 Å². The van der Waals surface area contributed by atoms with Crippen LogP contribution in [0, 0.1) is 12.8 Å². The highest BCUT2D eigenvalue weighted by Crippen LogP contribution is 2.19. The largest absolute Gasteiger partial charge is 0.124 e. The summed E-state index contributed by atoms with van der Waals surface area (Å²) in [5, 5.41) is 0.